The molecule has 4 heteroatoms. The molecule has 2 aromatic rings. The van der Waals surface area contributed by atoms with E-state index in [4.69, 9.17) is 9.99 Å². The Labute approximate surface area is 116 Å². The molecule has 0 radical (unpaired) electrons. The third kappa shape index (κ3) is 3.46. The van der Waals surface area contributed by atoms with Crippen molar-refractivity contribution in [1.29, 1.82) is 0 Å². The standard InChI is InChI=1S/C16H14O4/c1-2-12-3-5-13(6-4-12)11-19-16(17)14-7-9-15(20-18)10-8-14/h2-10,18H,1,11H2. The molecule has 0 aliphatic carbocycles. The molecular formula is C16H14O4. The molecule has 0 aliphatic rings. The van der Waals surface area contributed by atoms with Crippen molar-refractivity contribution >= 4 is 12.0 Å². The van der Waals surface area contributed by atoms with Gasteiger partial charge in [0.05, 0.1) is 5.56 Å². The predicted octanol–water partition coefficient (Wildman–Crippen LogP) is 3.54. The fourth-order valence-corrected chi connectivity index (χ4v) is 1.63. The lowest BCUT2D eigenvalue weighted by molar-refractivity contribution is -0.137. The van der Waals surface area contributed by atoms with Gasteiger partial charge in [-0.3, -0.25) is 0 Å². The van der Waals surface area contributed by atoms with E-state index in [1.807, 2.05) is 24.3 Å². The van der Waals surface area contributed by atoms with E-state index in [1.165, 1.54) is 24.3 Å². The largest absolute Gasteiger partial charge is 0.457 e. The van der Waals surface area contributed by atoms with E-state index in [1.54, 1.807) is 6.08 Å². The number of hydrogen-bond acceptors (Lipinski definition) is 4. The highest BCUT2D eigenvalue weighted by Crippen LogP contribution is 2.13. The van der Waals surface area contributed by atoms with E-state index >= 15 is 0 Å². The van der Waals surface area contributed by atoms with Crippen molar-refractivity contribution in [2.75, 3.05) is 0 Å². The minimum atomic E-state index is -0.428. The molecule has 102 valence electrons. The van der Waals surface area contributed by atoms with Crippen LogP contribution in [-0.4, -0.2) is 11.2 Å². The summed E-state index contributed by atoms with van der Waals surface area (Å²) in [6.07, 6.45) is 1.75. The van der Waals surface area contributed by atoms with Gasteiger partial charge in [0.25, 0.3) is 0 Å². The first-order chi connectivity index (χ1) is 9.72. The first-order valence-electron chi connectivity index (χ1n) is 6.03. The molecule has 0 spiro atoms. The van der Waals surface area contributed by atoms with Gasteiger partial charge in [-0.25, -0.2) is 10.1 Å². The minimum Gasteiger partial charge on any atom is -0.457 e. The van der Waals surface area contributed by atoms with E-state index in [9.17, 15) is 4.79 Å². The molecule has 0 saturated heterocycles. The molecule has 0 amide bonds. The van der Waals surface area contributed by atoms with Crippen LogP contribution in [0.1, 0.15) is 21.5 Å². The monoisotopic (exact) mass is 270 g/mol. The summed E-state index contributed by atoms with van der Waals surface area (Å²) in [4.78, 5) is 15.8. The first kappa shape index (κ1) is 13.8. The molecule has 0 saturated carbocycles. The van der Waals surface area contributed by atoms with Crippen molar-refractivity contribution in [3.63, 3.8) is 0 Å². The zero-order valence-electron chi connectivity index (χ0n) is 10.8. The highest BCUT2D eigenvalue weighted by atomic mass is 17.1. The van der Waals surface area contributed by atoms with Crippen LogP contribution in [0.5, 0.6) is 5.75 Å². The summed E-state index contributed by atoms with van der Waals surface area (Å²) in [5, 5.41) is 8.44. The molecule has 0 unspecified atom stereocenters. The Bertz CT molecular complexity index is 585. The number of rotatable bonds is 5. The van der Waals surface area contributed by atoms with Gasteiger partial charge in [-0.2, -0.15) is 0 Å². The van der Waals surface area contributed by atoms with E-state index in [2.05, 4.69) is 11.5 Å². The molecule has 20 heavy (non-hydrogen) atoms. The van der Waals surface area contributed by atoms with Crippen molar-refractivity contribution in [1.82, 2.24) is 0 Å². The van der Waals surface area contributed by atoms with Crippen molar-refractivity contribution in [2.24, 2.45) is 0 Å². The van der Waals surface area contributed by atoms with Gasteiger partial charge in [-0.15, -0.1) is 0 Å². The Kier molecular flexibility index (Phi) is 4.52. The minimum absolute atomic E-state index is 0.203. The Hall–Kier alpha value is -2.59. The lowest BCUT2D eigenvalue weighted by Crippen LogP contribution is -2.05. The zero-order valence-corrected chi connectivity index (χ0v) is 10.8. The van der Waals surface area contributed by atoms with E-state index < -0.39 is 5.97 Å². The molecule has 1 N–H and O–H groups in total. The van der Waals surface area contributed by atoms with E-state index in [0.717, 1.165) is 11.1 Å². The third-order valence-electron chi connectivity index (χ3n) is 2.78. The molecular weight excluding hydrogens is 256 g/mol. The molecule has 0 heterocycles. The van der Waals surface area contributed by atoms with Crippen LogP contribution >= 0.6 is 0 Å². The normalized spacial score (nSPS) is 9.85. The maximum atomic E-state index is 11.8. The topological polar surface area (TPSA) is 55.8 Å². The smallest absolute Gasteiger partial charge is 0.338 e. The molecule has 0 atom stereocenters. The van der Waals surface area contributed by atoms with Gasteiger partial charge in [0.2, 0.25) is 0 Å². The summed E-state index contributed by atoms with van der Waals surface area (Å²) >= 11 is 0. The van der Waals surface area contributed by atoms with Gasteiger partial charge in [-0.1, -0.05) is 36.9 Å². The Balaban J connectivity index is 1.94. The maximum absolute atomic E-state index is 11.8. The van der Waals surface area contributed by atoms with Crippen molar-refractivity contribution in [3.05, 3.63) is 71.8 Å². The number of hydrogen-bond donors (Lipinski definition) is 1. The SMILES string of the molecule is C=Cc1ccc(COC(=O)c2ccc(OO)cc2)cc1. The van der Waals surface area contributed by atoms with E-state index in [-0.39, 0.29) is 12.4 Å². The lowest BCUT2D eigenvalue weighted by atomic mass is 10.1. The molecule has 2 aromatic carbocycles. The van der Waals surface area contributed by atoms with Gasteiger partial charge in [-0.05, 0) is 35.4 Å². The van der Waals surface area contributed by atoms with Crippen LogP contribution in [0.3, 0.4) is 0 Å². The van der Waals surface area contributed by atoms with Crippen LogP contribution in [0, 0.1) is 0 Å². The molecule has 0 bridgehead atoms. The molecule has 0 aliphatic heterocycles. The van der Waals surface area contributed by atoms with Crippen molar-refractivity contribution in [2.45, 2.75) is 6.61 Å². The highest BCUT2D eigenvalue weighted by molar-refractivity contribution is 5.89. The van der Waals surface area contributed by atoms with Crippen LogP contribution in [0.4, 0.5) is 0 Å². The Morgan fingerprint density at radius 3 is 2.30 bits per heavy atom. The summed E-state index contributed by atoms with van der Waals surface area (Å²) in [5.74, 6) is -0.163. The fourth-order valence-electron chi connectivity index (χ4n) is 1.63. The van der Waals surface area contributed by atoms with Crippen LogP contribution in [0.25, 0.3) is 6.08 Å². The van der Waals surface area contributed by atoms with Crippen LogP contribution in [0.15, 0.2) is 55.1 Å². The van der Waals surface area contributed by atoms with Crippen molar-refractivity contribution in [3.8, 4) is 5.75 Å². The van der Waals surface area contributed by atoms with Gasteiger partial charge in [0, 0.05) is 0 Å². The Morgan fingerprint density at radius 1 is 1.10 bits per heavy atom. The number of carbonyl (C=O) groups excluding carboxylic acids is 1. The second-order valence-corrected chi connectivity index (χ2v) is 4.14. The average Bonchev–Trinajstić information content (AvgIpc) is 2.53. The van der Waals surface area contributed by atoms with E-state index in [0.29, 0.717) is 5.56 Å². The van der Waals surface area contributed by atoms with Gasteiger partial charge < -0.3 is 9.62 Å². The first-order valence-corrected chi connectivity index (χ1v) is 6.03. The highest BCUT2D eigenvalue weighted by Gasteiger charge is 2.07. The molecule has 0 fully saturated rings. The van der Waals surface area contributed by atoms with Crippen LogP contribution in [-0.2, 0) is 11.3 Å². The average molecular weight is 270 g/mol. The molecule has 2 rings (SSSR count). The van der Waals surface area contributed by atoms with Gasteiger partial charge in [0.1, 0.15) is 6.61 Å². The molecule has 4 nitrogen and oxygen atoms in total. The summed E-state index contributed by atoms with van der Waals surface area (Å²) in [5.41, 5.74) is 2.31. The summed E-state index contributed by atoms with van der Waals surface area (Å²) in [7, 11) is 0. The summed E-state index contributed by atoms with van der Waals surface area (Å²) < 4.78 is 5.19. The van der Waals surface area contributed by atoms with Crippen LogP contribution in [0.2, 0.25) is 0 Å². The predicted molar refractivity (Wildman–Crippen MR) is 75.4 cm³/mol. The number of esters is 1. The number of carbonyl (C=O) groups is 1. The van der Waals surface area contributed by atoms with Gasteiger partial charge >= 0.3 is 5.97 Å². The molecule has 0 aromatic heterocycles. The van der Waals surface area contributed by atoms with Crippen LogP contribution < -0.4 is 4.89 Å². The Morgan fingerprint density at radius 2 is 1.75 bits per heavy atom. The summed E-state index contributed by atoms with van der Waals surface area (Å²) in [6, 6.07) is 13.6. The lowest BCUT2D eigenvalue weighted by Gasteiger charge is -2.05. The zero-order chi connectivity index (χ0) is 14.4. The maximum Gasteiger partial charge on any atom is 0.338 e. The number of ether oxygens (including phenoxy) is 1. The third-order valence-corrected chi connectivity index (χ3v) is 2.78. The van der Waals surface area contributed by atoms with Crippen molar-refractivity contribution < 1.29 is 19.7 Å². The fraction of sp³-hybridized carbons (Fsp3) is 0.0625. The van der Waals surface area contributed by atoms with Gasteiger partial charge in [0.15, 0.2) is 5.75 Å². The quantitative estimate of drug-likeness (QED) is 0.513. The second kappa shape index (κ2) is 6.54. The number of benzene rings is 2. The second-order valence-electron chi connectivity index (χ2n) is 4.14. The summed E-state index contributed by atoms with van der Waals surface area (Å²) in [6.45, 7) is 3.88.